The quantitative estimate of drug-likeness (QED) is 0.839. The maximum atomic E-state index is 12.7. The number of benzene rings is 1. The smallest absolute Gasteiger partial charge is 0.259 e. The van der Waals surface area contributed by atoms with Crippen LogP contribution in [0.25, 0.3) is 0 Å². The molecule has 0 spiro atoms. The van der Waals surface area contributed by atoms with Crippen LogP contribution in [0.1, 0.15) is 16.8 Å². The van der Waals surface area contributed by atoms with Crippen LogP contribution in [0.15, 0.2) is 36.5 Å². The highest BCUT2D eigenvalue weighted by Gasteiger charge is 2.30. The van der Waals surface area contributed by atoms with Gasteiger partial charge in [-0.2, -0.15) is 0 Å². The highest BCUT2D eigenvalue weighted by molar-refractivity contribution is 7.93. The number of aromatic nitrogens is 1. The summed E-state index contributed by atoms with van der Waals surface area (Å²) in [6.07, 6.45) is 2.18. The van der Waals surface area contributed by atoms with Gasteiger partial charge in [0.1, 0.15) is 11.6 Å². The normalized spacial score (nSPS) is 15.4. The molecular formula is C18H22N4O4S. The van der Waals surface area contributed by atoms with Crippen LogP contribution < -0.4 is 19.3 Å². The van der Waals surface area contributed by atoms with Gasteiger partial charge in [-0.3, -0.25) is 9.10 Å². The van der Waals surface area contributed by atoms with Crippen molar-refractivity contribution in [2.45, 2.75) is 6.42 Å². The second-order valence-corrected chi connectivity index (χ2v) is 8.36. The molecule has 9 heteroatoms. The number of sulfonamides is 1. The molecule has 0 unspecified atom stereocenters. The van der Waals surface area contributed by atoms with E-state index >= 15 is 0 Å². The first-order valence-corrected chi connectivity index (χ1v) is 10.1. The van der Waals surface area contributed by atoms with Gasteiger partial charge in [0.05, 0.1) is 24.1 Å². The zero-order chi connectivity index (χ0) is 19.6. The lowest BCUT2D eigenvalue weighted by Crippen LogP contribution is -2.26. The molecule has 1 amide bonds. The van der Waals surface area contributed by atoms with Crippen LogP contribution in [0.4, 0.5) is 17.2 Å². The van der Waals surface area contributed by atoms with Crippen molar-refractivity contribution in [3.05, 3.63) is 42.1 Å². The fourth-order valence-corrected chi connectivity index (χ4v) is 4.57. The first-order valence-electron chi connectivity index (χ1n) is 8.45. The number of carbonyl (C=O) groups excluding carboxylic acids is 1. The highest BCUT2D eigenvalue weighted by Crippen LogP contribution is 2.35. The van der Waals surface area contributed by atoms with Crippen LogP contribution in [-0.2, 0) is 10.0 Å². The molecular weight excluding hydrogens is 368 g/mol. The summed E-state index contributed by atoms with van der Waals surface area (Å²) in [5.74, 6) is 0.765. The summed E-state index contributed by atoms with van der Waals surface area (Å²) < 4.78 is 31.2. The van der Waals surface area contributed by atoms with Gasteiger partial charge >= 0.3 is 0 Å². The van der Waals surface area contributed by atoms with Crippen molar-refractivity contribution in [1.82, 2.24) is 4.98 Å². The Labute approximate surface area is 158 Å². The third-order valence-corrected chi connectivity index (χ3v) is 6.12. The fourth-order valence-electron chi connectivity index (χ4n) is 3.00. The number of nitrogens with one attached hydrogen (secondary N) is 1. The molecule has 0 aliphatic carbocycles. The second-order valence-electron chi connectivity index (χ2n) is 6.35. The van der Waals surface area contributed by atoms with E-state index in [-0.39, 0.29) is 11.7 Å². The molecule has 2 aromatic rings. The number of rotatable bonds is 5. The van der Waals surface area contributed by atoms with Crippen LogP contribution in [0.5, 0.6) is 5.75 Å². The minimum atomic E-state index is -3.36. The Balaban J connectivity index is 1.93. The molecule has 1 aromatic heterocycles. The third-order valence-electron chi connectivity index (χ3n) is 4.26. The number of nitrogens with zero attached hydrogens (tertiary/aromatic N) is 3. The number of methoxy groups -OCH3 is 1. The molecule has 1 aliphatic heterocycles. The molecule has 1 aliphatic rings. The van der Waals surface area contributed by atoms with E-state index in [2.05, 4.69) is 10.3 Å². The summed E-state index contributed by atoms with van der Waals surface area (Å²) in [4.78, 5) is 18.7. The topological polar surface area (TPSA) is 91.8 Å². The van der Waals surface area contributed by atoms with Crippen LogP contribution in [0.2, 0.25) is 0 Å². The molecule has 1 aromatic carbocycles. The van der Waals surface area contributed by atoms with Gasteiger partial charge < -0.3 is 15.0 Å². The van der Waals surface area contributed by atoms with E-state index in [0.717, 1.165) is 0 Å². The van der Waals surface area contributed by atoms with Crippen LogP contribution in [0, 0.1) is 0 Å². The Morgan fingerprint density at radius 1 is 1.30 bits per heavy atom. The molecule has 3 rings (SSSR count). The molecule has 0 atom stereocenters. The Morgan fingerprint density at radius 3 is 2.70 bits per heavy atom. The molecule has 2 heterocycles. The molecule has 1 saturated heterocycles. The van der Waals surface area contributed by atoms with Crippen molar-refractivity contribution in [3.63, 3.8) is 0 Å². The number of hydrogen-bond acceptors (Lipinski definition) is 6. The SMILES string of the molecule is COc1ccc(NC(=O)c2cccnc2N(C)C)cc1N1CCCS1(=O)=O. The molecule has 27 heavy (non-hydrogen) atoms. The molecule has 144 valence electrons. The van der Waals surface area contributed by atoms with Gasteiger partial charge in [0.2, 0.25) is 10.0 Å². The Kier molecular flexibility index (Phi) is 5.22. The first-order chi connectivity index (χ1) is 12.8. The van der Waals surface area contributed by atoms with Gasteiger partial charge in [-0.05, 0) is 36.8 Å². The van der Waals surface area contributed by atoms with E-state index in [9.17, 15) is 13.2 Å². The van der Waals surface area contributed by atoms with Crippen molar-refractivity contribution >= 4 is 33.1 Å². The standard InChI is InChI=1S/C18H22N4O4S/c1-21(2)17-14(6-4-9-19-17)18(23)20-13-7-8-16(26-3)15(12-13)22-10-5-11-27(22,24)25/h4,6-9,12H,5,10-11H2,1-3H3,(H,20,23). The summed E-state index contributed by atoms with van der Waals surface area (Å²) in [5, 5.41) is 2.81. The fraction of sp³-hybridized carbons (Fsp3) is 0.333. The lowest BCUT2D eigenvalue weighted by molar-refractivity contribution is 0.102. The van der Waals surface area contributed by atoms with Crippen LogP contribution >= 0.6 is 0 Å². The number of carbonyl (C=O) groups is 1. The molecule has 0 bridgehead atoms. The zero-order valence-corrected chi connectivity index (χ0v) is 16.3. The average molecular weight is 390 g/mol. The van der Waals surface area contributed by atoms with E-state index < -0.39 is 10.0 Å². The van der Waals surface area contributed by atoms with Gasteiger partial charge in [-0.1, -0.05) is 0 Å². The van der Waals surface area contributed by atoms with Crippen molar-refractivity contribution in [1.29, 1.82) is 0 Å². The number of anilines is 3. The monoisotopic (exact) mass is 390 g/mol. The molecule has 0 radical (unpaired) electrons. The first kappa shape index (κ1) is 19.0. The van der Waals surface area contributed by atoms with Gasteiger partial charge in [-0.25, -0.2) is 13.4 Å². The van der Waals surface area contributed by atoms with E-state index in [4.69, 9.17) is 4.74 Å². The maximum Gasteiger partial charge on any atom is 0.259 e. The summed E-state index contributed by atoms with van der Waals surface area (Å²) in [7, 11) is 1.74. The Bertz CT molecular complexity index is 960. The number of pyridine rings is 1. The average Bonchev–Trinajstić information content (AvgIpc) is 3.00. The largest absolute Gasteiger partial charge is 0.495 e. The van der Waals surface area contributed by atoms with Crippen LogP contribution in [0.3, 0.4) is 0 Å². The zero-order valence-electron chi connectivity index (χ0n) is 15.5. The minimum absolute atomic E-state index is 0.106. The predicted octanol–water partition coefficient (Wildman–Crippen LogP) is 1.95. The summed E-state index contributed by atoms with van der Waals surface area (Å²) in [6.45, 7) is 0.392. The summed E-state index contributed by atoms with van der Waals surface area (Å²) >= 11 is 0. The Hall–Kier alpha value is -2.81. The van der Waals surface area contributed by atoms with Gasteiger partial charge in [-0.15, -0.1) is 0 Å². The van der Waals surface area contributed by atoms with E-state index in [1.165, 1.54) is 11.4 Å². The predicted molar refractivity (Wildman–Crippen MR) is 105 cm³/mol. The lowest BCUT2D eigenvalue weighted by atomic mass is 10.2. The summed E-state index contributed by atoms with van der Waals surface area (Å²) in [5.41, 5.74) is 1.33. The Morgan fingerprint density at radius 2 is 2.07 bits per heavy atom. The second kappa shape index (κ2) is 7.43. The van der Waals surface area contributed by atoms with Gasteiger partial charge in [0, 0.05) is 32.5 Å². The maximum absolute atomic E-state index is 12.7. The van der Waals surface area contributed by atoms with Crippen molar-refractivity contribution in [2.24, 2.45) is 0 Å². The third kappa shape index (κ3) is 3.82. The van der Waals surface area contributed by atoms with Crippen molar-refractivity contribution in [3.8, 4) is 5.75 Å². The van der Waals surface area contributed by atoms with E-state index in [0.29, 0.717) is 41.5 Å². The summed E-state index contributed by atoms with van der Waals surface area (Å²) in [6, 6.07) is 8.32. The highest BCUT2D eigenvalue weighted by atomic mass is 32.2. The molecule has 8 nitrogen and oxygen atoms in total. The minimum Gasteiger partial charge on any atom is -0.495 e. The lowest BCUT2D eigenvalue weighted by Gasteiger charge is -2.21. The molecule has 1 N–H and O–H groups in total. The number of hydrogen-bond donors (Lipinski definition) is 1. The van der Waals surface area contributed by atoms with Crippen LogP contribution in [-0.4, -0.2) is 52.8 Å². The van der Waals surface area contributed by atoms with Gasteiger partial charge in [0.15, 0.2) is 0 Å². The van der Waals surface area contributed by atoms with E-state index in [1.54, 1.807) is 41.4 Å². The molecule has 1 fully saturated rings. The van der Waals surface area contributed by atoms with Crippen molar-refractivity contribution < 1.29 is 17.9 Å². The number of amides is 1. The molecule has 0 saturated carbocycles. The van der Waals surface area contributed by atoms with Crippen molar-refractivity contribution in [2.75, 3.05) is 48.0 Å². The number of ether oxygens (including phenoxy) is 1. The van der Waals surface area contributed by atoms with Gasteiger partial charge in [0.25, 0.3) is 5.91 Å². The van der Waals surface area contributed by atoms with E-state index in [1.807, 2.05) is 14.1 Å².